The van der Waals surface area contributed by atoms with Crippen molar-refractivity contribution in [2.24, 2.45) is 0 Å². The lowest BCUT2D eigenvalue weighted by molar-refractivity contribution is 0.246. The first kappa shape index (κ1) is 14.1. The molecule has 1 aliphatic heterocycles. The average molecular weight is 373 g/mol. The van der Waals surface area contributed by atoms with Crippen molar-refractivity contribution < 1.29 is 4.74 Å². The SMILES string of the molecule is Clc1ccc(NCC2Cc3cc(Br)ccc3O2)c(Cl)c1. The summed E-state index contributed by atoms with van der Waals surface area (Å²) >= 11 is 15.5. The van der Waals surface area contributed by atoms with Crippen LogP contribution in [-0.2, 0) is 6.42 Å². The fourth-order valence-corrected chi connectivity index (χ4v) is 3.14. The Morgan fingerprint density at radius 1 is 1.20 bits per heavy atom. The Balaban J connectivity index is 1.63. The largest absolute Gasteiger partial charge is 0.488 e. The molecule has 2 nitrogen and oxygen atoms in total. The van der Waals surface area contributed by atoms with Gasteiger partial charge in [0.05, 0.1) is 17.3 Å². The van der Waals surface area contributed by atoms with Crippen molar-refractivity contribution in [1.82, 2.24) is 0 Å². The number of ether oxygens (including phenoxy) is 1. The molecule has 1 unspecified atom stereocenters. The maximum Gasteiger partial charge on any atom is 0.123 e. The van der Waals surface area contributed by atoms with E-state index in [2.05, 4.69) is 27.3 Å². The number of rotatable bonds is 3. The summed E-state index contributed by atoms with van der Waals surface area (Å²) < 4.78 is 6.97. The highest BCUT2D eigenvalue weighted by atomic mass is 79.9. The van der Waals surface area contributed by atoms with Gasteiger partial charge in [-0.25, -0.2) is 0 Å². The van der Waals surface area contributed by atoms with Crippen molar-refractivity contribution in [3.05, 3.63) is 56.5 Å². The first-order chi connectivity index (χ1) is 9.61. The van der Waals surface area contributed by atoms with Crippen LogP contribution in [0.4, 0.5) is 5.69 Å². The molecule has 0 radical (unpaired) electrons. The summed E-state index contributed by atoms with van der Waals surface area (Å²) in [5.74, 6) is 0.960. The average Bonchev–Trinajstić information content (AvgIpc) is 2.79. The number of fused-ring (bicyclic) bond motifs is 1. The van der Waals surface area contributed by atoms with Crippen molar-refractivity contribution in [1.29, 1.82) is 0 Å². The number of benzene rings is 2. The molecule has 104 valence electrons. The monoisotopic (exact) mass is 371 g/mol. The van der Waals surface area contributed by atoms with E-state index in [1.165, 1.54) is 5.56 Å². The molecular weight excluding hydrogens is 361 g/mol. The topological polar surface area (TPSA) is 21.3 Å². The van der Waals surface area contributed by atoms with Gasteiger partial charge in [0.25, 0.3) is 0 Å². The molecule has 1 atom stereocenters. The van der Waals surface area contributed by atoms with Crippen LogP contribution in [0.2, 0.25) is 10.0 Å². The minimum Gasteiger partial charge on any atom is -0.488 e. The van der Waals surface area contributed by atoms with E-state index in [1.54, 1.807) is 6.07 Å². The maximum atomic E-state index is 6.13. The summed E-state index contributed by atoms with van der Waals surface area (Å²) in [6, 6.07) is 11.5. The normalized spacial score (nSPS) is 16.6. The standard InChI is InChI=1S/C15H12BrCl2NO/c16-10-1-4-15-9(5-10)6-12(20-15)8-19-14-3-2-11(17)7-13(14)18/h1-5,7,12,19H,6,8H2. The molecule has 3 rings (SSSR count). The van der Waals surface area contributed by atoms with Crippen LogP contribution in [0, 0.1) is 0 Å². The zero-order chi connectivity index (χ0) is 14.1. The Labute approximate surface area is 136 Å². The smallest absolute Gasteiger partial charge is 0.123 e. The van der Waals surface area contributed by atoms with Crippen molar-refractivity contribution >= 4 is 44.8 Å². The summed E-state index contributed by atoms with van der Waals surface area (Å²) in [5, 5.41) is 4.56. The Morgan fingerprint density at radius 3 is 2.85 bits per heavy atom. The van der Waals surface area contributed by atoms with E-state index < -0.39 is 0 Å². The number of hydrogen-bond donors (Lipinski definition) is 1. The first-order valence-corrected chi connectivity index (χ1v) is 7.81. The van der Waals surface area contributed by atoms with Crippen molar-refractivity contribution in [2.45, 2.75) is 12.5 Å². The van der Waals surface area contributed by atoms with Crippen LogP contribution < -0.4 is 10.1 Å². The lowest BCUT2D eigenvalue weighted by Crippen LogP contribution is -2.24. The van der Waals surface area contributed by atoms with Crippen molar-refractivity contribution in [3.63, 3.8) is 0 Å². The Morgan fingerprint density at radius 2 is 2.05 bits per heavy atom. The molecule has 0 spiro atoms. The Hall–Kier alpha value is -0.900. The van der Waals surface area contributed by atoms with Gasteiger partial charge in [0.15, 0.2) is 0 Å². The van der Waals surface area contributed by atoms with Gasteiger partial charge in [-0.05, 0) is 42.0 Å². The molecule has 0 amide bonds. The van der Waals surface area contributed by atoms with Gasteiger partial charge in [-0.1, -0.05) is 39.1 Å². The zero-order valence-electron chi connectivity index (χ0n) is 10.5. The van der Waals surface area contributed by atoms with E-state index >= 15 is 0 Å². The summed E-state index contributed by atoms with van der Waals surface area (Å²) in [6.45, 7) is 0.702. The second kappa shape index (κ2) is 5.84. The summed E-state index contributed by atoms with van der Waals surface area (Å²) in [4.78, 5) is 0. The van der Waals surface area contributed by atoms with E-state index in [0.29, 0.717) is 16.6 Å². The molecule has 2 aromatic rings. The van der Waals surface area contributed by atoms with Crippen molar-refractivity contribution in [3.8, 4) is 5.75 Å². The van der Waals surface area contributed by atoms with E-state index in [4.69, 9.17) is 27.9 Å². The predicted octanol–water partition coefficient (Wildman–Crippen LogP) is 5.17. The number of nitrogens with one attached hydrogen (secondary N) is 1. The van der Waals surface area contributed by atoms with Crippen LogP contribution in [0.1, 0.15) is 5.56 Å². The highest BCUT2D eigenvalue weighted by Gasteiger charge is 2.22. The van der Waals surface area contributed by atoms with Crippen LogP contribution in [0.25, 0.3) is 0 Å². The van der Waals surface area contributed by atoms with Gasteiger partial charge < -0.3 is 10.1 Å². The summed E-state index contributed by atoms with van der Waals surface area (Å²) in [6.07, 6.45) is 1.01. The molecule has 20 heavy (non-hydrogen) atoms. The molecule has 0 saturated heterocycles. The Kier molecular flexibility index (Phi) is 4.11. The van der Waals surface area contributed by atoms with Gasteiger partial charge in [-0.15, -0.1) is 0 Å². The minimum atomic E-state index is 0.117. The molecule has 5 heteroatoms. The predicted molar refractivity (Wildman–Crippen MR) is 87.2 cm³/mol. The third-order valence-electron chi connectivity index (χ3n) is 3.22. The van der Waals surface area contributed by atoms with E-state index in [-0.39, 0.29) is 6.10 Å². The molecule has 0 saturated carbocycles. The van der Waals surface area contributed by atoms with E-state index in [1.807, 2.05) is 24.3 Å². The zero-order valence-corrected chi connectivity index (χ0v) is 13.6. The van der Waals surface area contributed by atoms with Gasteiger partial charge in [0.1, 0.15) is 11.9 Å². The minimum absolute atomic E-state index is 0.117. The number of anilines is 1. The fourth-order valence-electron chi connectivity index (χ4n) is 2.26. The van der Waals surface area contributed by atoms with Gasteiger partial charge in [0, 0.05) is 15.9 Å². The lowest BCUT2D eigenvalue weighted by atomic mass is 10.1. The highest BCUT2D eigenvalue weighted by Crippen LogP contribution is 2.32. The summed E-state index contributed by atoms with van der Waals surface area (Å²) in [7, 11) is 0. The highest BCUT2D eigenvalue weighted by molar-refractivity contribution is 9.10. The molecule has 1 heterocycles. The fraction of sp³-hybridized carbons (Fsp3) is 0.200. The maximum absolute atomic E-state index is 6.13. The van der Waals surface area contributed by atoms with Gasteiger partial charge >= 0.3 is 0 Å². The van der Waals surface area contributed by atoms with Crippen LogP contribution in [0.15, 0.2) is 40.9 Å². The quantitative estimate of drug-likeness (QED) is 0.802. The Bertz CT molecular complexity index is 648. The van der Waals surface area contributed by atoms with Gasteiger partial charge in [-0.2, -0.15) is 0 Å². The molecule has 0 aliphatic carbocycles. The lowest BCUT2D eigenvalue weighted by Gasteiger charge is -2.14. The molecular formula is C15H12BrCl2NO. The van der Waals surface area contributed by atoms with Gasteiger partial charge in [0.2, 0.25) is 0 Å². The van der Waals surface area contributed by atoms with Crippen LogP contribution in [-0.4, -0.2) is 12.6 Å². The second-order valence-corrected chi connectivity index (χ2v) is 6.46. The third-order valence-corrected chi connectivity index (χ3v) is 4.26. The van der Waals surface area contributed by atoms with E-state index in [9.17, 15) is 0 Å². The molecule has 1 N–H and O–H groups in total. The molecule has 2 aromatic carbocycles. The third kappa shape index (κ3) is 3.05. The van der Waals surface area contributed by atoms with Crippen LogP contribution in [0.3, 0.4) is 0 Å². The molecule has 1 aliphatic rings. The first-order valence-electron chi connectivity index (χ1n) is 6.26. The number of halogens is 3. The molecule has 0 bridgehead atoms. The molecule has 0 aromatic heterocycles. The van der Waals surface area contributed by atoms with Gasteiger partial charge in [-0.3, -0.25) is 0 Å². The van der Waals surface area contributed by atoms with Crippen LogP contribution in [0.5, 0.6) is 5.75 Å². The summed E-state index contributed by atoms with van der Waals surface area (Å²) in [5.41, 5.74) is 2.10. The van der Waals surface area contributed by atoms with Crippen LogP contribution >= 0.6 is 39.1 Å². The number of hydrogen-bond acceptors (Lipinski definition) is 2. The molecule has 0 fully saturated rings. The van der Waals surface area contributed by atoms with E-state index in [0.717, 1.165) is 22.3 Å². The van der Waals surface area contributed by atoms with Crippen molar-refractivity contribution in [2.75, 3.05) is 11.9 Å². The second-order valence-electron chi connectivity index (χ2n) is 4.70.